The van der Waals surface area contributed by atoms with Gasteiger partial charge in [-0.15, -0.1) is 0 Å². The number of aryl methyl sites for hydroxylation is 1. The molecule has 4 heterocycles. The van der Waals surface area contributed by atoms with Crippen molar-refractivity contribution in [3.05, 3.63) is 59.4 Å². The van der Waals surface area contributed by atoms with Gasteiger partial charge in [0.15, 0.2) is 0 Å². The van der Waals surface area contributed by atoms with E-state index in [0.29, 0.717) is 42.2 Å². The van der Waals surface area contributed by atoms with Gasteiger partial charge in [-0.05, 0) is 29.8 Å². The molecule has 0 spiro atoms. The summed E-state index contributed by atoms with van der Waals surface area (Å²) in [5, 5.41) is 8.85. The Kier molecular flexibility index (Phi) is 8.77. The van der Waals surface area contributed by atoms with Crippen molar-refractivity contribution in [2.45, 2.75) is 18.9 Å². The molecule has 12 heteroatoms. The quantitative estimate of drug-likeness (QED) is 0.375. The zero-order valence-corrected chi connectivity index (χ0v) is 21.8. The van der Waals surface area contributed by atoms with E-state index in [2.05, 4.69) is 20.4 Å². The monoisotopic (exact) mass is 526 g/mol. The molecule has 4 rings (SSSR count). The van der Waals surface area contributed by atoms with Crippen LogP contribution in [0.2, 0.25) is 0 Å². The highest BCUT2D eigenvalue weighted by atomic mass is 19.1. The Morgan fingerprint density at radius 1 is 1.24 bits per heavy atom. The smallest absolute Gasteiger partial charge is 0.256 e. The normalized spacial score (nSPS) is 17.5. The van der Waals surface area contributed by atoms with Crippen LogP contribution in [0, 0.1) is 11.9 Å². The Labute approximate surface area is 219 Å². The van der Waals surface area contributed by atoms with Crippen molar-refractivity contribution < 1.29 is 28.3 Å². The highest BCUT2D eigenvalue weighted by Crippen LogP contribution is 2.36. The number of ketones is 1. The molecular weight excluding hydrogens is 495 g/mol. The Bertz CT molecular complexity index is 1300. The van der Waals surface area contributed by atoms with Crippen molar-refractivity contribution in [1.82, 2.24) is 30.1 Å². The molecule has 2 atom stereocenters. The molecule has 1 saturated heterocycles. The molecular formula is C26H31FN6O5. The summed E-state index contributed by atoms with van der Waals surface area (Å²) in [6, 6.07) is 6.50. The lowest BCUT2D eigenvalue weighted by atomic mass is 9.91. The summed E-state index contributed by atoms with van der Waals surface area (Å²) >= 11 is 0. The second kappa shape index (κ2) is 12.2. The first-order valence-corrected chi connectivity index (χ1v) is 12.2. The second-order valence-electron chi connectivity index (χ2n) is 9.00. The van der Waals surface area contributed by atoms with Crippen molar-refractivity contribution in [2.24, 2.45) is 13.0 Å². The first-order valence-electron chi connectivity index (χ1n) is 12.2. The van der Waals surface area contributed by atoms with Gasteiger partial charge in [0.2, 0.25) is 11.8 Å². The molecule has 38 heavy (non-hydrogen) atoms. The largest absolute Gasteiger partial charge is 0.480 e. The molecule has 0 radical (unpaired) electrons. The summed E-state index contributed by atoms with van der Waals surface area (Å²) in [6.45, 7) is 1.52. The number of rotatable bonds is 11. The van der Waals surface area contributed by atoms with Crippen LogP contribution in [0.3, 0.4) is 0 Å². The highest BCUT2D eigenvalue weighted by Gasteiger charge is 2.36. The summed E-state index contributed by atoms with van der Waals surface area (Å²) in [4.78, 5) is 39.3. The Morgan fingerprint density at radius 2 is 2.05 bits per heavy atom. The van der Waals surface area contributed by atoms with Gasteiger partial charge in [-0.25, -0.2) is 9.97 Å². The van der Waals surface area contributed by atoms with Crippen molar-refractivity contribution in [3.63, 3.8) is 0 Å². The fourth-order valence-corrected chi connectivity index (χ4v) is 4.51. The SMILES string of the molecule is CNC(=O)c1cc(-c2cc(CC(=O)C[C@@H]3CN(CCOC)O[C@H]3c3ccnc(F)c3)n(C)n2)cnc1OC. The van der Waals surface area contributed by atoms with E-state index in [1.165, 1.54) is 26.4 Å². The topological polar surface area (TPSA) is 121 Å². The van der Waals surface area contributed by atoms with Gasteiger partial charge in [-0.2, -0.15) is 14.6 Å². The van der Waals surface area contributed by atoms with Crippen molar-refractivity contribution in [3.8, 4) is 17.1 Å². The molecule has 1 aliphatic rings. The average Bonchev–Trinajstić information content (AvgIpc) is 3.49. The van der Waals surface area contributed by atoms with Crippen molar-refractivity contribution >= 4 is 11.7 Å². The van der Waals surface area contributed by atoms with E-state index in [1.54, 1.807) is 48.3 Å². The summed E-state index contributed by atoms with van der Waals surface area (Å²) in [5.74, 6) is -0.887. The van der Waals surface area contributed by atoms with Crippen LogP contribution in [0.15, 0.2) is 36.7 Å². The van der Waals surface area contributed by atoms with Crippen LogP contribution in [0.4, 0.5) is 4.39 Å². The third-order valence-corrected chi connectivity index (χ3v) is 6.41. The number of carbonyl (C=O) groups excluding carboxylic acids is 2. The number of nitrogens with one attached hydrogen (secondary N) is 1. The number of pyridine rings is 2. The minimum atomic E-state index is -0.596. The van der Waals surface area contributed by atoms with E-state index < -0.39 is 12.1 Å². The maximum Gasteiger partial charge on any atom is 0.256 e. The minimum Gasteiger partial charge on any atom is -0.480 e. The van der Waals surface area contributed by atoms with Crippen LogP contribution in [0.1, 0.15) is 34.1 Å². The van der Waals surface area contributed by atoms with E-state index in [1.807, 2.05) is 0 Å². The number of nitrogens with zero attached hydrogens (tertiary/aromatic N) is 5. The zero-order chi connectivity index (χ0) is 27.2. The first-order chi connectivity index (χ1) is 18.3. The fourth-order valence-electron chi connectivity index (χ4n) is 4.51. The van der Waals surface area contributed by atoms with Crippen LogP contribution >= 0.6 is 0 Å². The fraction of sp³-hybridized carbons (Fsp3) is 0.423. The Morgan fingerprint density at radius 3 is 2.76 bits per heavy atom. The maximum atomic E-state index is 13.8. The molecule has 202 valence electrons. The van der Waals surface area contributed by atoms with Gasteiger partial charge in [0, 0.05) is 76.7 Å². The molecule has 11 nitrogen and oxygen atoms in total. The lowest BCUT2D eigenvalue weighted by Gasteiger charge is -2.17. The van der Waals surface area contributed by atoms with Gasteiger partial charge in [0.1, 0.15) is 17.5 Å². The minimum absolute atomic E-state index is 0.000162. The van der Waals surface area contributed by atoms with Crippen LogP contribution < -0.4 is 10.1 Å². The lowest BCUT2D eigenvalue weighted by Crippen LogP contribution is -2.24. The third kappa shape index (κ3) is 6.21. The van der Waals surface area contributed by atoms with Crippen LogP contribution in [-0.2, 0) is 27.8 Å². The number of methoxy groups -OCH3 is 2. The van der Waals surface area contributed by atoms with Crippen LogP contribution in [0.5, 0.6) is 5.88 Å². The number of amides is 1. The number of carbonyl (C=O) groups is 2. The molecule has 0 bridgehead atoms. The summed E-state index contributed by atoms with van der Waals surface area (Å²) < 4.78 is 25.8. The molecule has 0 aromatic carbocycles. The molecule has 0 saturated carbocycles. The van der Waals surface area contributed by atoms with E-state index in [4.69, 9.17) is 14.3 Å². The first kappa shape index (κ1) is 27.3. The van der Waals surface area contributed by atoms with E-state index in [0.717, 1.165) is 0 Å². The summed E-state index contributed by atoms with van der Waals surface area (Å²) in [6.07, 6.45) is 2.89. The number of hydrogen-bond acceptors (Lipinski definition) is 9. The van der Waals surface area contributed by atoms with Gasteiger partial charge >= 0.3 is 0 Å². The molecule has 0 aliphatic carbocycles. The predicted octanol–water partition coefficient (Wildman–Crippen LogP) is 2.14. The molecule has 1 fully saturated rings. The number of halogens is 1. The highest BCUT2D eigenvalue weighted by molar-refractivity contribution is 5.97. The van der Waals surface area contributed by atoms with Gasteiger partial charge < -0.3 is 14.8 Å². The summed E-state index contributed by atoms with van der Waals surface area (Å²) in [7, 11) is 6.34. The maximum absolute atomic E-state index is 13.8. The van der Waals surface area contributed by atoms with E-state index in [-0.39, 0.29) is 41.9 Å². The molecule has 1 amide bonds. The average molecular weight is 527 g/mol. The number of hydrogen-bond donors (Lipinski definition) is 1. The van der Waals surface area contributed by atoms with Gasteiger partial charge in [-0.1, -0.05) is 0 Å². The molecule has 3 aromatic heterocycles. The van der Waals surface area contributed by atoms with Crippen molar-refractivity contribution in [2.75, 3.05) is 41.0 Å². The Balaban J connectivity index is 1.49. The van der Waals surface area contributed by atoms with Crippen LogP contribution in [0.25, 0.3) is 11.3 Å². The van der Waals surface area contributed by atoms with Crippen LogP contribution in [-0.4, -0.2) is 77.5 Å². The number of hydroxylamine groups is 2. The molecule has 1 aliphatic heterocycles. The van der Waals surface area contributed by atoms with Gasteiger partial charge in [-0.3, -0.25) is 19.1 Å². The second-order valence-corrected chi connectivity index (χ2v) is 9.00. The molecule has 3 aromatic rings. The van der Waals surface area contributed by atoms with Gasteiger partial charge in [0.25, 0.3) is 5.91 Å². The summed E-state index contributed by atoms with van der Waals surface area (Å²) in [5.41, 5.74) is 2.83. The molecule has 0 unspecified atom stereocenters. The third-order valence-electron chi connectivity index (χ3n) is 6.41. The van der Waals surface area contributed by atoms with Gasteiger partial charge in [0.05, 0.1) is 19.4 Å². The van der Waals surface area contributed by atoms with Crippen molar-refractivity contribution in [1.29, 1.82) is 0 Å². The van der Waals surface area contributed by atoms with E-state index >= 15 is 0 Å². The lowest BCUT2D eigenvalue weighted by molar-refractivity contribution is -0.155. The van der Waals surface area contributed by atoms with E-state index in [9.17, 15) is 14.0 Å². The predicted molar refractivity (Wildman–Crippen MR) is 135 cm³/mol. The standard InChI is InChI=1S/C26H31FN6O5/c1-28-25(35)21-10-17(14-30-26(21)37-4)22-13-19(32(2)31-22)12-20(34)9-18-15-33(7-8-36-3)38-24(18)16-5-6-29-23(27)11-16/h5-6,10-11,13-14,18,24H,7-9,12,15H2,1-4H3,(H,28,35)/t18-,24+/m1/s1. The number of ether oxygens (including phenoxy) is 2. The molecule has 1 N–H and O–H groups in total. The number of aromatic nitrogens is 4. The zero-order valence-electron chi connectivity index (χ0n) is 21.8. The number of Topliss-reactive ketones (excluding diaryl/α,β-unsaturated/α-hetero) is 1. The Hall–Kier alpha value is -3.74.